The molecule has 0 bridgehead atoms. The molecule has 26 heavy (non-hydrogen) atoms. The standard InChI is InChI=1S/C19H19N3O3S/c1-10-6-7-13(23)12(8-10)19(24)25-9-15-21-17(20)16-11-4-2-3-5-14(11)26-18(16)22-15/h6-8,23H,2-5,9H2,1H3,(H2,20,21,22). The van der Waals surface area contributed by atoms with Crippen molar-refractivity contribution in [1.29, 1.82) is 0 Å². The molecular weight excluding hydrogens is 350 g/mol. The Kier molecular flexibility index (Phi) is 4.24. The summed E-state index contributed by atoms with van der Waals surface area (Å²) in [5.74, 6) is 0.0919. The number of hydrogen-bond acceptors (Lipinski definition) is 7. The van der Waals surface area contributed by atoms with Gasteiger partial charge < -0.3 is 15.6 Å². The predicted molar refractivity (Wildman–Crippen MR) is 100 cm³/mol. The lowest BCUT2D eigenvalue weighted by Gasteiger charge is -2.11. The molecule has 2 heterocycles. The number of nitrogens with zero attached hydrogens (tertiary/aromatic N) is 2. The second-order valence-corrected chi connectivity index (χ2v) is 7.60. The van der Waals surface area contributed by atoms with E-state index < -0.39 is 5.97 Å². The number of aryl methyl sites for hydroxylation is 3. The molecule has 0 fully saturated rings. The Bertz CT molecular complexity index is 1010. The Morgan fingerprint density at radius 2 is 2.12 bits per heavy atom. The van der Waals surface area contributed by atoms with Crippen molar-refractivity contribution in [3.63, 3.8) is 0 Å². The van der Waals surface area contributed by atoms with Crippen LogP contribution in [0.2, 0.25) is 0 Å². The lowest BCUT2D eigenvalue weighted by molar-refractivity contribution is 0.0459. The Balaban J connectivity index is 1.58. The first-order valence-electron chi connectivity index (χ1n) is 8.56. The van der Waals surface area contributed by atoms with Crippen molar-refractivity contribution in [2.45, 2.75) is 39.2 Å². The molecule has 0 radical (unpaired) electrons. The Morgan fingerprint density at radius 3 is 2.96 bits per heavy atom. The van der Waals surface area contributed by atoms with Gasteiger partial charge in [-0.15, -0.1) is 11.3 Å². The number of phenols is 1. The number of thiophene rings is 1. The van der Waals surface area contributed by atoms with Crippen molar-refractivity contribution in [3.05, 3.63) is 45.6 Å². The van der Waals surface area contributed by atoms with Gasteiger partial charge in [-0.05, 0) is 50.3 Å². The average Bonchev–Trinajstić information content (AvgIpc) is 3.00. The van der Waals surface area contributed by atoms with Crippen molar-refractivity contribution < 1.29 is 14.6 Å². The van der Waals surface area contributed by atoms with Crippen LogP contribution in [0.25, 0.3) is 10.2 Å². The molecule has 0 atom stereocenters. The average molecular weight is 369 g/mol. The quantitative estimate of drug-likeness (QED) is 0.686. The van der Waals surface area contributed by atoms with E-state index in [0.29, 0.717) is 11.6 Å². The molecule has 2 aromatic heterocycles. The molecule has 7 heteroatoms. The number of esters is 1. The van der Waals surface area contributed by atoms with Crippen LogP contribution in [-0.4, -0.2) is 21.0 Å². The van der Waals surface area contributed by atoms with Gasteiger partial charge in [-0.3, -0.25) is 0 Å². The van der Waals surface area contributed by atoms with Gasteiger partial charge in [0.15, 0.2) is 12.4 Å². The molecule has 4 rings (SSSR count). The van der Waals surface area contributed by atoms with Gasteiger partial charge in [0.25, 0.3) is 0 Å². The maximum Gasteiger partial charge on any atom is 0.342 e. The number of rotatable bonds is 3. The Hall–Kier alpha value is -2.67. The summed E-state index contributed by atoms with van der Waals surface area (Å²) in [6, 6.07) is 4.79. The maximum absolute atomic E-state index is 12.2. The number of carbonyl (C=O) groups is 1. The van der Waals surface area contributed by atoms with Crippen molar-refractivity contribution in [2.24, 2.45) is 0 Å². The highest BCUT2D eigenvalue weighted by Gasteiger charge is 2.21. The van der Waals surface area contributed by atoms with E-state index in [1.165, 1.54) is 22.9 Å². The molecule has 0 saturated carbocycles. The van der Waals surface area contributed by atoms with Crippen LogP contribution in [0.15, 0.2) is 18.2 Å². The molecule has 0 spiro atoms. The number of aromatic nitrogens is 2. The normalized spacial score (nSPS) is 13.6. The van der Waals surface area contributed by atoms with E-state index in [-0.39, 0.29) is 17.9 Å². The minimum absolute atomic E-state index is 0.0884. The zero-order chi connectivity index (χ0) is 18.3. The van der Waals surface area contributed by atoms with Crippen molar-refractivity contribution >= 4 is 33.3 Å². The molecule has 3 N–H and O–H groups in total. The van der Waals surface area contributed by atoms with Gasteiger partial charge >= 0.3 is 5.97 Å². The molecule has 3 aromatic rings. The molecule has 1 aromatic carbocycles. The highest BCUT2D eigenvalue weighted by molar-refractivity contribution is 7.19. The zero-order valence-corrected chi connectivity index (χ0v) is 15.2. The first-order chi connectivity index (χ1) is 12.5. The van der Waals surface area contributed by atoms with Crippen LogP contribution in [0.5, 0.6) is 5.75 Å². The number of carbonyl (C=O) groups excluding carboxylic acids is 1. The molecule has 134 valence electrons. The van der Waals surface area contributed by atoms with Crippen molar-refractivity contribution in [3.8, 4) is 5.75 Å². The van der Waals surface area contributed by atoms with E-state index in [4.69, 9.17) is 10.5 Å². The van der Waals surface area contributed by atoms with Gasteiger partial charge in [-0.25, -0.2) is 14.8 Å². The van der Waals surface area contributed by atoms with E-state index >= 15 is 0 Å². The van der Waals surface area contributed by atoms with E-state index in [1.807, 2.05) is 6.92 Å². The van der Waals surface area contributed by atoms with Gasteiger partial charge in [0.2, 0.25) is 0 Å². The molecule has 1 aliphatic rings. The van der Waals surface area contributed by atoms with Crippen LogP contribution in [0.1, 0.15) is 45.0 Å². The maximum atomic E-state index is 12.2. The van der Waals surface area contributed by atoms with E-state index in [0.717, 1.165) is 35.0 Å². The van der Waals surface area contributed by atoms with Crippen LogP contribution in [0.4, 0.5) is 5.82 Å². The van der Waals surface area contributed by atoms with Crippen LogP contribution >= 0.6 is 11.3 Å². The third kappa shape index (κ3) is 2.99. The second-order valence-electron chi connectivity index (χ2n) is 6.51. The number of fused-ring (bicyclic) bond motifs is 3. The van der Waals surface area contributed by atoms with E-state index in [9.17, 15) is 9.90 Å². The van der Waals surface area contributed by atoms with Crippen LogP contribution in [-0.2, 0) is 24.2 Å². The Morgan fingerprint density at radius 1 is 1.31 bits per heavy atom. The topological polar surface area (TPSA) is 98.3 Å². The fraction of sp³-hybridized carbons (Fsp3) is 0.316. The molecule has 6 nitrogen and oxygen atoms in total. The summed E-state index contributed by atoms with van der Waals surface area (Å²) in [6.07, 6.45) is 4.44. The third-order valence-corrected chi connectivity index (χ3v) is 5.78. The fourth-order valence-electron chi connectivity index (χ4n) is 3.32. The molecule has 1 aliphatic carbocycles. The molecule has 0 saturated heterocycles. The number of aromatic hydroxyl groups is 1. The van der Waals surface area contributed by atoms with Crippen LogP contribution in [0.3, 0.4) is 0 Å². The number of phenolic OH excluding ortho intramolecular Hbond substituents is 1. The highest BCUT2D eigenvalue weighted by Crippen LogP contribution is 2.37. The summed E-state index contributed by atoms with van der Waals surface area (Å²) in [7, 11) is 0. The van der Waals surface area contributed by atoms with Crippen molar-refractivity contribution in [2.75, 3.05) is 5.73 Å². The minimum atomic E-state index is -0.612. The van der Waals surface area contributed by atoms with Crippen molar-refractivity contribution in [1.82, 2.24) is 9.97 Å². The number of nitrogens with two attached hydrogens (primary N) is 1. The van der Waals surface area contributed by atoms with Gasteiger partial charge in [-0.2, -0.15) is 0 Å². The first kappa shape index (κ1) is 16.8. The lowest BCUT2D eigenvalue weighted by Crippen LogP contribution is -2.09. The third-order valence-electron chi connectivity index (χ3n) is 4.59. The second kappa shape index (κ2) is 6.57. The number of benzene rings is 1. The summed E-state index contributed by atoms with van der Waals surface area (Å²) in [5, 5.41) is 10.8. The minimum Gasteiger partial charge on any atom is -0.507 e. The number of ether oxygens (including phenoxy) is 1. The fourth-order valence-corrected chi connectivity index (χ4v) is 4.61. The SMILES string of the molecule is Cc1ccc(O)c(C(=O)OCc2nc(N)c3c4c(sc3n2)CCCC4)c1. The molecule has 0 unspecified atom stereocenters. The lowest BCUT2D eigenvalue weighted by atomic mass is 9.97. The van der Waals surface area contributed by atoms with E-state index in [2.05, 4.69) is 9.97 Å². The number of hydrogen-bond donors (Lipinski definition) is 2. The summed E-state index contributed by atoms with van der Waals surface area (Å²) >= 11 is 1.65. The number of nitrogen functional groups attached to an aromatic ring is 1. The smallest absolute Gasteiger partial charge is 0.342 e. The zero-order valence-electron chi connectivity index (χ0n) is 14.4. The van der Waals surface area contributed by atoms with E-state index in [1.54, 1.807) is 23.5 Å². The van der Waals surface area contributed by atoms with Gasteiger partial charge in [0.1, 0.15) is 22.0 Å². The summed E-state index contributed by atoms with van der Waals surface area (Å²) in [4.78, 5) is 23.3. The van der Waals surface area contributed by atoms with Gasteiger partial charge in [-0.1, -0.05) is 11.6 Å². The first-order valence-corrected chi connectivity index (χ1v) is 9.38. The monoisotopic (exact) mass is 369 g/mol. The molecule has 0 amide bonds. The summed E-state index contributed by atoms with van der Waals surface area (Å²) < 4.78 is 5.28. The highest BCUT2D eigenvalue weighted by atomic mass is 32.1. The summed E-state index contributed by atoms with van der Waals surface area (Å²) in [6.45, 7) is 1.75. The largest absolute Gasteiger partial charge is 0.507 e. The van der Waals surface area contributed by atoms with Crippen LogP contribution < -0.4 is 5.73 Å². The predicted octanol–water partition coefficient (Wildman–Crippen LogP) is 3.52. The van der Waals surface area contributed by atoms with Gasteiger partial charge in [0.05, 0.1) is 5.39 Å². The number of anilines is 1. The summed E-state index contributed by atoms with van der Waals surface area (Å²) in [5.41, 5.74) is 8.43. The van der Waals surface area contributed by atoms with Gasteiger partial charge in [0, 0.05) is 4.88 Å². The molecular formula is C19H19N3O3S. The Labute approximate surface area is 154 Å². The van der Waals surface area contributed by atoms with Crippen LogP contribution in [0, 0.1) is 6.92 Å². The molecule has 0 aliphatic heterocycles.